The highest BCUT2D eigenvalue weighted by atomic mass is 32.2. The van der Waals surface area contributed by atoms with Crippen LogP contribution in [0.2, 0.25) is 0 Å². The number of aromatic nitrogens is 2. The molecule has 3 heterocycles. The van der Waals surface area contributed by atoms with Crippen molar-refractivity contribution in [1.82, 2.24) is 9.97 Å². The molecule has 0 amide bonds. The number of nitrogens with one attached hydrogen (secondary N) is 1. The maximum atomic E-state index is 6.10. The summed E-state index contributed by atoms with van der Waals surface area (Å²) in [5.41, 5.74) is 1.28. The average molecular weight is 368 g/mol. The minimum Gasteiger partial charge on any atom is -0.385 e. The molecule has 0 bridgehead atoms. The van der Waals surface area contributed by atoms with Crippen molar-refractivity contribution < 1.29 is 9.47 Å². The van der Waals surface area contributed by atoms with E-state index in [0.29, 0.717) is 6.61 Å². The molecule has 1 aliphatic heterocycles. The fourth-order valence-electron chi connectivity index (χ4n) is 2.92. The quantitative estimate of drug-likeness (QED) is 0.452. The molecule has 5 nitrogen and oxygen atoms in total. The van der Waals surface area contributed by atoms with E-state index in [2.05, 4.69) is 19.2 Å². The third-order valence-electron chi connectivity index (χ3n) is 4.56. The maximum absolute atomic E-state index is 6.10. The number of methoxy groups -OCH3 is 1. The van der Waals surface area contributed by atoms with E-state index in [0.717, 1.165) is 48.2 Å². The van der Waals surface area contributed by atoms with Crippen molar-refractivity contribution in [2.24, 2.45) is 0 Å². The monoisotopic (exact) mass is 367 g/mol. The molecule has 0 saturated carbocycles. The lowest BCUT2D eigenvalue weighted by Crippen LogP contribution is -2.34. The third-order valence-corrected chi connectivity index (χ3v) is 6.21. The minimum absolute atomic E-state index is 0.0908. The van der Waals surface area contributed by atoms with Gasteiger partial charge in [-0.2, -0.15) is 0 Å². The number of nitrogens with zero attached hydrogens (tertiary/aromatic N) is 2. The molecular weight excluding hydrogens is 342 g/mol. The summed E-state index contributed by atoms with van der Waals surface area (Å²) in [5, 5.41) is 5.50. The molecular formula is C17H25N3O2S2. The summed E-state index contributed by atoms with van der Waals surface area (Å²) < 4.78 is 11.2. The maximum Gasteiger partial charge on any atom is 0.190 e. The number of rotatable bonds is 7. The van der Waals surface area contributed by atoms with Gasteiger partial charge in [0.15, 0.2) is 5.16 Å². The Hall–Kier alpha value is -0.890. The summed E-state index contributed by atoms with van der Waals surface area (Å²) >= 11 is 3.32. The topological polar surface area (TPSA) is 56.3 Å². The second kappa shape index (κ2) is 7.56. The molecule has 1 N–H and O–H groups in total. The van der Waals surface area contributed by atoms with Crippen molar-refractivity contribution in [2.45, 2.75) is 50.5 Å². The van der Waals surface area contributed by atoms with Crippen molar-refractivity contribution in [3.8, 4) is 0 Å². The smallest absolute Gasteiger partial charge is 0.190 e. The molecule has 0 unspecified atom stereocenters. The third kappa shape index (κ3) is 3.54. The molecule has 0 aliphatic carbocycles. The molecule has 0 spiro atoms. The van der Waals surface area contributed by atoms with E-state index in [4.69, 9.17) is 19.4 Å². The predicted molar refractivity (Wildman–Crippen MR) is 101 cm³/mol. The van der Waals surface area contributed by atoms with Crippen molar-refractivity contribution in [1.29, 1.82) is 0 Å². The van der Waals surface area contributed by atoms with Gasteiger partial charge in [0.25, 0.3) is 0 Å². The van der Waals surface area contributed by atoms with Crippen molar-refractivity contribution in [3.63, 3.8) is 0 Å². The van der Waals surface area contributed by atoms with Crippen LogP contribution in [0.15, 0.2) is 5.16 Å². The van der Waals surface area contributed by atoms with Gasteiger partial charge in [0.2, 0.25) is 0 Å². The van der Waals surface area contributed by atoms with Gasteiger partial charge < -0.3 is 14.8 Å². The first-order chi connectivity index (χ1) is 11.6. The van der Waals surface area contributed by atoms with Gasteiger partial charge in [-0.15, -0.1) is 11.3 Å². The lowest BCUT2D eigenvalue weighted by molar-refractivity contribution is -0.0542. The Balaban J connectivity index is 2.00. The normalized spacial score (nSPS) is 20.3. The summed E-state index contributed by atoms with van der Waals surface area (Å²) in [6.07, 6.45) is 4.90. The molecule has 7 heteroatoms. The Morgan fingerprint density at radius 1 is 1.42 bits per heavy atom. The van der Waals surface area contributed by atoms with E-state index >= 15 is 0 Å². The zero-order chi connectivity index (χ0) is 17.2. The molecule has 0 radical (unpaired) electrons. The number of fused-ring (bicyclic) bond motifs is 3. The first-order valence-electron chi connectivity index (χ1n) is 8.33. The zero-order valence-corrected chi connectivity index (χ0v) is 16.4. The molecule has 132 valence electrons. The van der Waals surface area contributed by atoms with Gasteiger partial charge in [-0.25, -0.2) is 9.97 Å². The fourth-order valence-corrected chi connectivity index (χ4v) is 4.45. The molecule has 2 aromatic rings. The van der Waals surface area contributed by atoms with Gasteiger partial charge in [-0.3, -0.25) is 0 Å². The lowest BCUT2D eigenvalue weighted by atomic mass is 9.90. The van der Waals surface area contributed by atoms with Crippen molar-refractivity contribution in [3.05, 3.63) is 10.4 Å². The molecule has 0 fully saturated rings. The molecule has 3 rings (SSSR count). The Morgan fingerprint density at radius 2 is 2.25 bits per heavy atom. The predicted octanol–water partition coefficient (Wildman–Crippen LogP) is 4.10. The van der Waals surface area contributed by atoms with Crippen LogP contribution >= 0.6 is 23.1 Å². The van der Waals surface area contributed by atoms with Crippen LogP contribution in [0.5, 0.6) is 0 Å². The average Bonchev–Trinajstić information content (AvgIpc) is 2.96. The van der Waals surface area contributed by atoms with Crippen molar-refractivity contribution in [2.75, 3.05) is 31.8 Å². The highest BCUT2D eigenvalue weighted by Gasteiger charge is 2.33. The Labute approximate surface area is 151 Å². The van der Waals surface area contributed by atoms with E-state index in [1.165, 1.54) is 15.8 Å². The van der Waals surface area contributed by atoms with Crippen molar-refractivity contribution >= 4 is 39.1 Å². The number of anilines is 1. The summed E-state index contributed by atoms with van der Waals surface area (Å²) in [6, 6.07) is 0. The second-order valence-electron chi connectivity index (χ2n) is 6.28. The van der Waals surface area contributed by atoms with Crippen LogP contribution in [0.1, 0.15) is 37.1 Å². The molecule has 0 saturated heterocycles. The van der Waals surface area contributed by atoms with E-state index in [-0.39, 0.29) is 5.60 Å². The van der Waals surface area contributed by atoms with Gasteiger partial charge in [0.05, 0.1) is 17.6 Å². The van der Waals surface area contributed by atoms with Crippen LogP contribution in [0.4, 0.5) is 5.82 Å². The SMILES string of the molecule is CC[C@@]1(C)Cc2c(sc3nc(SC)nc(NCCCOC)c23)CO1. The van der Waals surface area contributed by atoms with E-state index in [1.807, 2.05) is 6.26 Å². The van der Waals surface area contributed by atoms with Crippen LogP contribution < -0.4 is 5.32 Å². The number of ether oxygens (including phenoxy) is 2. The Kier molecular flexibility index (Phi) is 5.64. The van der Waals surface area contributed by atoms with Gasteiger partial charge >= 0.3 is 0 Å². The van der Waals surface area contributed by atoms with Gasteiger partial charge in [-0.05, 0) is 31.6 Å². The van der Waals surface area contributed by atoms with Gasteiger partial charge in [0, 0.05) is 31.6 Å². The summed E-state index contributed by atoms with van der Waals surface area (Å²) in [5.74, 6) is 0.957. The van der Waals surface area contributed by atoms with Gasteiger partial charge in [0.1, 0.15) is 10.6 Å². The minimum atomic E-state index is -0.0908. The van der Waals surface area contributed by atoms with Crippen LogP contribution in [0.3, 0.4) is 0 Å². The summed E-state index contributed by atoms with van der Waals surface area (Å²) in [7, 11) is 1.73. The van der Waals surface area contributed by atoms with E-state index < -0.39 is 0 Å². The lowest BCUT2D eigenvalue weighted by Gasteiger charge is -2.33. The molecule has 1 atom stereocenters. The molecule has 0 aromatic carbocycles. The largest absolute Gasteiger partial charge is 0.385 e. The number of thiophene rings is 1. The van der Waals surface area contributed by atoms with E-state index in [1.54, 1.807) is 30.2 Å². The first-order valence-corrected chi connectivity index (χ1v) is 10.4. The summed E-state index contributed by atoms with van der Waals surface area (Å²) in [4.78, 5) is 11.8. The van der Waals surface area contributed by atoms with Gasteiger partial charge in [-0.1, -0.05) is 18.7 Å². The molecule has 2 aromatic heterocycles. The van der Waals surface area contributed by atoms with Crippen LogP contribution in [0, 0.1) is 0 Å². The van der Waals surface area contributed by atoms with Crippen LogP contribution in [-0.4, -0.2) is 42.1 Å². The van der Waals surface area contributed by atoms with Crippen LogP contribution in [-0.2, 0) is 22.5 Å². The molecule has 24 heavy (non-hydrogen) atoms. The highest BCUT2D eigenvalue weighted by molar-refractivity contribution is 7.98. The highest BCUT2D eigenvalue weighted by Crippen LogP contribution is 2.42. The standard InChI is InChI=1S/C17H25N3O2S2/c1-5-17(2)9-11-12(10-22-17)24-15-13(11)14(18-7-6-8-21-3)19-16(20-15)23-4/h5-10H2,1-4H3,(H,18,19,20)/t17-/m0/s1. The zero-order valence-electron chi connectivity index (χ0n) is 14.8. The molecule has 1 aliphatic rings. The summed E-state index contributed by atoms with van der Waals surface area (Å²) in [6.45, 7) is 6.66. The number of thioether (sulfide) groups is 1. The fraction of sp³-hybridized carbons (Fsp3) is 0.647. The number of hydrogen-bond donors (Lipinski definition) is 1. The Morgan fingerprint density at radius 3 is 2.96 bits per heavy atom. The van der Waals surface area contributed by atoms with E-state index in [9.17, 15) is 0 Å². The Bertz CT molecular complexity index is 719. The van der Waals surface area contributed by atoms with Crippen LogP contribution in [0.25, 0.3) is 10.2 Å². The second-order valence-corrected chi connectivity index (χ2v) is 8.14. The first kappa shape index (κ1) is 17.9. The number of hydrogen-bond acceptors (Lipinski definition) is 7.